The second-order valence-electron chi connectivity index (χ2n) is 6.29. The highest BCUT2D eigenvalue weighted by Gasteiger charge is 2.17. The molecule has 0 heterocycles. The average molecular weight is 297 g/mol. The molecule has 1 aromatic carbocycles. The first-order valence-electron chi connectivity index (χ1n) is 7.65. The van der Waals surface area contributed by atoms with Crippen molar-refractivity contribution in [3.63, 3.8) is 0 Å². The molecule has 0 aromatic heterocycles. The summed E-state index contributed by atoms with van der Waals surface area (Å²) in [5.41, 5.74) is 8.68. The van der Waals surface area contributed by atoms with Gasteiger partial charge in [-0.3, -0.25) is 0 Å². The Morgan fingerprint density at radius 3 is 2.35 bits per heavy atom. The van der Waals surface area contributed by atoms with E-state index in [2.05, 4.69) is 51.7 Å². The largest absolute Gasteiger partial charge is 0.369 e. The maximum Gasteiger partial charge on any atom is 0.0426 e. The third kappa shape index (κ3) is 4.99. The molecular formula is C17H29ClN2. The average Bonchev–Trinajstić information content (AvgIpc) is 2.37. The molecule has 20 heavy (non-hydrogen) atoms. The summed E-state index contributed by atoms with van der Waals surface area (Å²) in [6.07, 6.45) is 1.90. The quantitative estimate of drug-likeness (QED) is 0.803. The van der Waals surface area contributed by atoms with Crippen LogP contribution in [0.25, 0.3) is 0 Å². The van der Waals surface area contributed by atoms with Gasteiger partial charge in [-0.15, -0.1) is 0 Å². The van der Waals surface area contributed by atoms with E-state index in [0.29, 0.717) is 12.0 Å². The van der Waals surface area contributed by atoms with Gasteiger partial charge in [-0.25, -0.2) is 0 Å². The fourth-order valence-corrected chi connectivity index (χ4v) is 2.55. The molecule has 0 saturated carbocycles. The van der Waals surface area contributed by atoms with E-state index in [-0.39, 0.29) is 6.04 Å². The van der Waals surface area contributed by atoms with E-state index in [4.69, 9.17) is 17.3 Å². The smallest absolute Gasteiger partial charge is 0.0426 e. The van der Waals surface area contributed by atoms with Gasteiger partial charge in [0.2, 0.25) is 0 Å². The van der Waals surface area contributed by atoms with Crippen molar-refractivity contribution in [3.8, 4) is 0 Å². The molecule has 3 heteroatoms. The number of rotatable bonds is 7. The Morgan fingerprint density at radius 1 is 1.20 bits per heavy atom. The zero-order chi connectivity index (χ0) is 15.3. The fourth-order valence-electron chi connectivity index (χ4n) is 2.38. The van der Waals surface area contributed by atoms with Crippen LogP contribution in [0.2, 0.25) is 5.02 Å². The zero-order valence-electron chi connectivity index (χ0n) is 13.5. The molecule has 1 atom stereocenters. The first kappa shape index (κ1) is 17.3. The van der Waals surface area contributed by atoms with Crippen molar-refractivity contribution in [2.45, 2.75) is 59.5 Å². The Morgan fingerprint density at radius 2 is 1.85 bits per heavy atom. The van der Waals surface area contributed by atoms with Gasteiger partial charge in [0, 0.05) is 29.3 Å². The van der Waals surface area contributed by atoms with Crippen molar-refractivity contribution in [3.05, 3.63) is 28.8 Å². The summed E-state index contributed by atoms with van der Waals surface area (Å²) in [6.45, 7) is 12.1. The highest BCUT2D eigenvalue weighted by molar-refractivity contribution is 6.30. The molecule has 1 aromatic rings. The Balaban J connectivity index is 3.13. The van der Waals surface area contributed by atoms with Gasteiger partial charge in [0.25, 0.3) is 0 Å². The van der Waals surface area contributed by atoms with E-state index < -0.39 is 0 Å². The molecule has 0 amide bonds. The second kappa shape index (κ2) is 7.90. The standard InChI is InChI=1S/C17H29ClN2/c1-6-16(19)9-14-7-8-15(18)10-17(14)20(13(4)5)11-12(2)3/h7-8,10,12-13,16H,6,9,11,19H2,1-5H3. The lowest BCUT2D eigenvalue weighted by atomic mass is 10.0. The Bertz CT molecular complexity index is 415. The third-order valence-corrected chi connectivity index (χ3v) is 3.78. The van der Waals surface area contributed by atoms with Crippen LogP contribution >= 0.6 is 11.6 Å². The molecule has 0 saturated heterocycles. The van der Waals surface area contributed by atoms with Crippen molar-refractivity contribution < 1.29 is 0 Å². The van der Waals surface area contributed by atoms with E-state index in [0.717, 1.165) is 24.4 Å². The molecule has 0 spiro atoms. The van der Waals surface area contributed by atoms with Crippen LogP contribution in [-0.2, 0) is 6.42 Å². The topological polar surface area (TPSA) is 29.3 Å². The molecule has 0 bridgehead atoms. The molecule has 2 N–H and O–H groups in total. The van der Waals surface area contributed by atoms with Crippen molar-refractivity contribution >= 4 is 17.3 Å². The second-order valence-corrected chi connectivity index (χ2v) is 6.72. The van der Waals surface area contributed by atoms with Crippen LogP contribution < -0.4 is 10.6 Å². The monoisotopic (exact) mass is 296 g/mol. The van der Waals surface area contributed by atoms with Crippen LogP contribution in [0.15, 0.2) is 18.2 Å². The summed E-state index contributed by atoms with van der Waals surface area (Å²) in [4.78, 5) is 2.44. The van der Waals surface area contributed by atoms with Gasteiger partial charge in [0.15, 0.2) is 0 Å². The van der Waals surface area contributed by atoms with E-state index in [1.165, 1.54) is 11.3 Å². The minimum absolute atomic E-state index is 0.211. The van der Waals surface area contributed by atoms with Crippen molar-refractivity contribution in [1.29, 1.82) is 0 Å². The predicted molar refractivity (Wildman–Crippen MR) is 90.7 cm³/mol. The van der Waals surface area contributed by atoms with Crippen LogP contribution in [0.4, 0.5) is 5.69 Å². The normalized spacial score (nSPS) is 13.1. The molecular weight excluding hydrogens is 268 g/mol. The summed E-state index contributed by atoms with van der Waals surface area (Å²) in [6, 6.07) is 6.84. The number of nitrogens with zero attached hydrogens (tertiary/aromatic N) is 1. The van der Waals surface area contributed by atoms with Crippen LogP contribution in [-0.4, -0.2) is 18.6 Å². The zero-order valence-corrected chi connectivity index (χ0v) is 14.2. The molecule has 0 fully saturated rings. The van der Waals surface area contributed by atoms with Crippen molar-refractivity contribution in [2.75, 3.05) is 11.4 Å². The van der Waals surface area contributed by atoms with Gasteiger partial charge in [0.05, 0.1) is 0 Å². The van der Waals surface area contributed by atoms with E-state index in [1.54, 1.807) is 0 Å². The van der Waals surface area contributed by atoms with E-state index in [1.807, 2.05) is 6.07 Å². The van der Waals surface area contributed by atoms with Gasteiger partial charge in [-0.2, -0.15) is 0 Å². The molecule has 0 aliphatic carbocycles. The number of benzene rings is 1. The van der Waals surface area contributed by atoms with Crippen LogP contribution in [0.3, 0.4) is 0 Å². The molecule has 1 rings (SSSR count). The summed E-state index contributed by atoms with van der Waals surface area (Å²) in [5, 5.41) is 0.795. The van der Waals surface area contributed by atoms with Crippen LogP contribution in [0.5, 0.6) is 0 Å². The van der Waals surface area contributed by atoms with Crippen LogP contribution in [0.1, 0.15) is 46.6 Å². The number of hydrogen-bond acceptors (Lipinski definition) is 2. The Hall–Kier alpha value is -0.730. The van der Waals surface area contributed by atoms with Gasteiger partial charge in [-0.1, -0.05) is 38.4 Å². The van der Waals surface area contributed by atoms with Crippen LogP contribution in [0, 0.1) is 5.92 Å². The summed E-state index contributed by atoms with van der Waals surface area (Å²) >= 11 is 6.21. The number of anilines is 1. The van der Waals surface area contributed by atoms with E-state index in [9.17, 15) is 0 Å². The van der Waals surface area contributed by atoms with Crippen molar-refractivity contribution in [2.24, 2.45) is 11.7 Å². The highest BCUT2D eigenvalue weighted by Crippen LogP contribution is 2.28. The SMILES string of the molecule is CCC(N)Cc1ccc(Cl)cc1N(CC(C)C)C(C)C. The maximum atomic E-state index is 6.21. The Labute approximate surface area is 129 Å². The highest BCUT2D eigenvalue weighted by atomic mass is 35.5. The molecule has 0 aliphatic rings. The number of halogens is 1. The first-order chi connectivity index (χ1) is 9.35. The summed E-state index contributed by atoms with van der Waals surface area (Å²) < 4.78 is 0. The number of hydrogen-bond donors (Lipinski definition) is 1. The lowest BCUT2D eigenvalue weighted by molar-refractivity contribution is 0.566. The Kier molecular flexibility index (Phi) is 6.84. The summed E-state index contributed by atoms with van der Waals surface area (Å²) in [7, 11) is 0. The van der Waals surface area contributed by atoms with Gasteiger partial charge in [-0.05, 0) is 50.3 Å². The molecule has 0 aliphatic heterocycles. The van der Waals surface area contributed by atoms with E-state index >= 15 is 0 Å². The number of nitrogens with two attached hydrogens (primary N) is 1. The van der Waals surface area contributed by atoms with Crippen molar-refractivity contribution in [1.82, 2.24) is 0 Å². The minimum atomic E-state index is 0.211. The minimum Gasteiger partial charge on any atom is -0.369 e. The predicted octanol–water partition coefficient (Wildman–Crippen LogP) is 4.49. The molecule has 114 valence electrons. The van der Waals surface area contributed by atoms with Gasteiger partial charge >= 0.3 is 0 Å². The lowest BCUT2D eigenvalue weighted by Gasteiger charge is -2.33. The lowest BCUT2D eigenvalue weighted by Crippen LogP contribution is -2.35. The molecule has 1 unspecified atom stereocenters. The third-order valence-electron chi connectivity index (χ3n) is 3.55. The van der Waals surface area contributed by atoms with Gasteiger partial charge in [0.1, 0.15) is 0 Å². The maximum absolute atomic E-state index is 6.21. The van der Waals surface area contributed by atoms with Gasteiger partial charge < -0.3 is 10.6 Å². The molecule has 2 nitrogen and oxygen atoms in total. The first-order valence-corrected chi connectivity index (χ1v) is 8.03. The summed E-state index contributed by atoms with van der Waals surface area (Å²) in [5.74, 6) is 0.615. The molecule has 0 radical (unpaired) electrons. The fraction of sp³-hybridized carbons (Fsp3) is 0.647.